The van der Waals surface area contributed by atoms with E-state index in [1.165, 1.54) is 0 Å². The molecular formula is C31H23NO2. The van der Waals surface area contributed by atoms with Gasteiger partial charge in [-0.05, 0) is 35.4 Å². The van der Waals surface area contributed by atoms with Gasteiger partial charge in [0.05, 0.1) is 11.4 Å². The number of hydrogen-bond acceptors (Lipinski definition) is 2. The van der Waals surface area contributed by atoms with Crippen molar-refractivity contribution in [3.63, 3.8) is 0 Å². The summed E-state index contributed by atoms with van der Waals surface area (Å²) in [6.45, 7) is 0. The molecule has 0 radical (unpaired) electrons. The van der Waals surface area contributed by atoms with Crippen LogP contribution in [0.3, 0.4) is 0 Å². The van der Waals surface area contributed by atoms with Crippen molar-refractivity contribution >= 4 is 17.5 Å². The van der Waals surface area contributed by atoms with Crippen LogP contribution >= 0.6 is 0 Å². The van der Waals surface area contributed by atoms with Gasteiger partial charge in [0, 0.05) is 11.1 Å². The van der Waals surface area contributed by atoms with Crippen molar-refractivity contribution in [1.82, 2.24) is 0 Å². The number of hydrogen-bond donors (Lipinski definition) is 0. The first kappa shape index (κ1) is 21.2. The van der Waals surface area contributed by atoms with Crippen LogP contribution in [0.15, 0.2) is 140 Å². The Kier molecular flexibility index (Phi) is 6.17. The molecule has 5 aromatic rings. The van der Waals surface area contributed by atoms with Crippen LogP contribution in [0.4, 0.5) is 16.2 Å². The average molecular weight is 442 g/mol. The SMILES string of the molecule is O=C(Oc1ccccc1)N(c1ccccc1-c1ccccc1)c1ccccc1-c1ccccc1. The lowest BCUT2D eigenvalue weighted by molar-refractivity contribution is 0.210. The van der Waals surface area contributed by atoms with E-state index in [-0.39, 0.29) is 0 Å². The van der Waals surface area contributed by atoms with E-state index in [0.717, 1.165) is 33.6 Å². The Morgan fingerprint density at radius 3 is 1.32 bits per heavy atom. The second kappa shape index (κ2) is 9.88. The number of anilines is 2. The minimum absolute atomic E-state index is 0.474. The summed E-state index contributed by atoms with van der Waals surface area (Å²) in [5.41, 5.74) is 5.42. The van der Waals surface area contributed by atoms with Crippen LogP contribution < -0.4 is 9.64 Å². The molecule has 0 heterocycles. The third-order valence-corrected chi connectivity index (χ3v) is 5.59. The minimum Gasteiger partial charge on any atom is -0.410 e. The van der Waals surface area contributed by atoms with Crippen LogP contribution in [0.5, 0.6) is 5.75 Å². The highest BCUT2D eigenvalue weighted by Crippen LogP contribution is 2.40. The number of carbonyl (C=O) groups excluding carboxylic acids is 1. The highest BCUT2D eigenvalue weighted by Gasteiger charge is 2.25. The molecule has 0 atom stereocenters. The van der Waals surface area contributed by atoms with Gasteiger partial charge in [-0.3, -0.25) is 0 Å². The second-order valence-corrected chi connectivity index (χ2v) is 7.78. The molecule has 0 saturated heterocycles. The fourth-order valence-corrected chi connectivity index (χ4v) is 4.02. The second-order valence-electron chi connectivity index (χ2n) is 7.78. The Balaban J connectivity index is 1.69. The molecule has 0 aliphatic carbocycles. The van der Waals surface area contributed by atoms with Gasteiger partial charge in [-0.15, -0.1) is 0 Å². The van der Waals surface area contributed by atoms with E-state index in [9.17, 15) is 4.79 Å². The summed E-state index contributed by atoms with van der Waals surface area (Å²) in [5, 5.41) is 0. The molecule has 0 N–H and O–H groups in total. The molecule has 0 unspecified atom stereocenters. The van der Waals surface area contributed by atoms with Crippen molar-refractivity contribution in [3.05, 3.63) is 140 Å². The van der Waals surface area contributed by atoms with Crippen LogP contribution in [0, 0.1) is 0 Å². The molecule has 0 spiro atoms. The fraction of sp³-hybridized carbons (Fsp3) is 0. The largest absolute Gasteiger partial charge is 0.424 e. The van der Waals surface area contributed by atoms with Gasteiger partial charge in [-0.25, -0.2) is 9.69 Å². The van der Waals surface area contributed by atoms with Crippen molar-refractivity contribution in [2.45, 2.75) is 0 Å². The maximum Gasteiger partial charge on any atom is 0.424 e. The van der Waals surface area contributed by atoms with E-state index in [1.807, 2.05) is 127 Å². The van der Waals surface area contributed by atoms with Crippen molar-refractivity contribution in [3.8, 4) is 28.0 Å². The molecule has 3 nitrogen and oxygen atoms in total. The van der Waals surface area contributed by atoms with E-state index in [4.69, 9.17) is 4.74 Å². The van der Waals surface area contributed by atoms with Gasteiger partial charge in [0.15, 0.2) is 0 Å². The van der Waals surface area contributed by atoms with E-state index in [1.54, 1.807) is 17.0 Å². The maximum absolute atomic E-state index is 13.8. The lowest BCUT2D eigenvalue weighted by Crippen LogP contribution is -2.30. The number of carbonyl (C=O) groups is 1. The first-order valence-corrected chi connectivity index (χ1v) is 11.2. The predicted molar refractivity (Wildman–Crippen MR) is 138 cm³/mol. The van der Waals surface area contributed by atoms with Crippen molar-refractivity contribution < 1.29 is 9.53 Å². The quantitative estimate of drug-likeness (QED) is 0.274. The molecule has 34 heavy (non-hydrogen) atoms. The molecule has 0 fully saturated rings. The number of nitrogens with zero attached hydrogens (tertiary/aromatic N) is 1. The van der Waals surface area contributed by atoms with Crippen molar-refractivity contribution in [2.75, 3.05) is 4.90 Å². The van der Waals surface area contributed by atoms with Gasteiger partial charge in [0.2, 0.25) is 0 Å². The van der Waals surface area contributed by atoms with E-state index < -0.39 is 6.09 Å². The topological polar surface area (TPSA) is 29.5 Å². The standard InChI is InChI=1S/C31H23NO2/c33-31(34-26-18-8-3-9-19-26)32(29-22-12-10-20-27(29)24-14-4-1-5-15-24)30-23-13-11-21-28(30)25-16-6-2-7-17-25/h1-23H. The highest BCUT2D eigenvalue weighted by molar-refractivity contribution is 6.04. The Morgan fingerprint density at radius 2 is 0.853 bits per heavy atom. The first-order chi connectivity index (χ1) is 16.8. The normalized spacial score (nSPS) is 10.5. The van der Waals surface area contributed by atoms with Gasteiger partial charge in [0.1, 0.15) is 5.75 Å². The van der Waals surface area contributed by atoms with Crippen molar-refractivity contribution in [1.29, 1.82) is 0 Å². The molecular weight excluding hydrogens is 418 g/mol. The summed E-state index contributed by atoms with van der Waals surface area (Å²) >= 11 is 0. The van der Waals surface area contributed by atoms with Crippen LogP contribution in [0.2, 0.25) is 0 Å². The molecule has 5 rings (SSSR count). The minimum atomic E-state index is -0.474. The van der Waals surface area contributed by atoms with Gasteiger partial charge >= 0.3 is 6.09 Å². The molecule has 0 aromatic heterocycles. The fourth-order valence-electron chi connectivity index (χ4n) is 4.02. The summed E-state index contributed by atoms with van der Waals surface area (Å²) < 4.78 is 5.85. The number of para-hydroxylation sites is 3. The number of benzene rings is 5. The molecule has 5 aromatic carbocycles. The third kappa shape index (κ3) is 4.45. The van der Waals surface area contributed by atoms with E-state index >= 15 is 0 Å². The Hall–Kier alpha value is -4.63. The summed E-state index contributed by atoms with van der Waals surface area (Å²) in [6, 6.07) is 45.1. The van der Waals surface area contributed by atoms with Gasteiger partial charge < -0.3 is 4.74 Å². The lowest BCUT2D eigenvalue weighted by atomic mass is 10.00. The van der Waals surface area contributed by atoms with Crippen molar-refractivity contribution in [2.24, 2.45) is 0 Å². The molecule has 1 amide bonds. The zero-order valence-corrected chi connectivity index (χ0v) is 18.5. The Bertz CT molecular complexity index is 1300. The number of rotatable bonds is 5. The average Bonchev–Trinajstić information content (AvgIpc) is 2.91. The molecule has 164 valence electrons. The zero-order valence-electron chi connectivity index (χ0n) is 18.5. The van der Waals surface area contributed by atoms with Crippen LogP contribution in [-0.4, -0.2) is 6.09 Å². The number of amides is 1. The van der Waals surface area contributed by atoms with Crippen LogP contribution in [-0.2, 0) is 0 Å². The van der Waals surface area contributed by atoms with E-state index in [2.05, 4.69) is 0 Å². The molecule has 0 bridgehead atoms. The number of ether oxygens (including phenoxy) is 1. The lowest BCUT2D eigenvalue weighted by Gasteiger charge is -2.27. The van der Waals surface area contributed by atoms with Crippen LogP contribution in [0.25, 0.3) is 22.3 Å². The summed E-state index contributed by atoms with van der Waals surface area (Å²) in [6.07, 6.45) is -0.474. The smallest absolute Gasteiger partial charge is 0.410 e. The molecule has 3 heteroatoms. The molecule has 0 aliphatic rings. The first-order valence-electron chi connectivity index (χ1n) is 11.2. The monoisotopic (exact) mass is 441 g/mol. The predicted octanol–water partition coefficient (Wildman–Crippen LogP) is 8.36. The van der Waals surface area contributed by atoms with Gasteiger partial charge in [-0.1, -0.05) is 115 Å². The van der Waals surface area contributed by atoms with Gasteiger partial charge in [-0.2, -0.15) is 0 Å². The summed E-state index contributed by atoms with van der Waals surface area (Å²) in [5.74, 6) is 0.492. The molecule has 0 saturated carbocycles. The molecule has 0 aliphatic heterocycles. The Morgan fingerprint density at radius 1 is 0.471 bits per heavy atom. The maximum atomic E-state index is 13.8. The van der Waals surface area contributed by atoms with Crippen LogP contribution in [0.1, 0.15) is 0 Å². The highest BCUT2D eigenvalue weighted by atomic mass is 16.6. The summed E-state index contributed by atoms with van der Waals surface area (Å²) in [7, 11) is 0. The van der Waals surface area contributed by atoms with Gasteiger partial charge in [0.25, 0.3) is 0 Å². The van der Waals surface area contributed by atoms with E-state index in [0.29, 0.717) is 5.75 Å². The Labute approximate surface area is 199 Å². The zero-order chi connectivity index (χ0) is 23.2. The summed E-state index contributed by atoms with van der Waals surface area (Å²) in [4.78, 5) is 15.4. The third-order valence-electron chi connectivity index (χ3n) is 5.59.